The van der Waals surface area contributed by atoms with Gasteiger partial charge in [0.05, 0.1) is 0 Å². The smallest absolute Gasteiger partial charge is 0.306 e. The first kappa shape index (κ1) is 69.6. The molecule has 0 amide bonds. The Morgan fingerprint density at radius 3 is 0.792 bits per heavy atom. The van der Waals surface area contributed by atoms with Gasteiger partial charge in [0.2, 0.25) is 0 Å². The third-order valence-electron chi connectivity index (χ3n) is 14.4. The van der Waals surface area contributed by atoms with Crippen LogP contribution in [-0.4, -0.2) is 37.2 Å². The summed E-state index contributed by atoms with van der Waals surface area (Å²) in [5.74, 6) is -0.858. The van der Waals surface area contributed by atoms with Crippen molar-refractivity contribution in [2.75, 3.05) is 13.2 Å². The van der Waals surface area contributed by atoms with Crippen LogP contribution in [0.15, 0.2) is 36.5 Å². The molecule has 0 aliphatic carbocycles. The lowest BCUT2D eigenvalue weighted by atomic mass is 10.0. The summed E-state index contributed by atoms with van der Waals surface area (Å²) in [4.78, 5) is 38.3. The minimum absolute atomic E-state index is 0.0718. The van der Waals surface area contributed by atoms with Crippen molar-refractivity contribution >= 4 is 17.9 Å². The molecule has 0 saturated carbocycles. The number of carbonyl (C=O) groups excluding carboxylic acids is 3. The molecule has 0 aliphatic heterocycles. The van der Waals surface area contributed by atoms with E-state index >= 15 is 0 Å². The molecule has 422 valence electrons. The van der Waals surface area contributed by atoms with Crippen LogP contribution in [0, 0.1) is 0 Å². The highest BCUT2D eigenvalue weighted by Crippen LogP contribution is 2.17. The molecule has 0 saturated heterocycles. The first-order valence-corrected chi connectivity index (χ1v) is 32.0. The molecular formula is C66H122O6. The topological polar surface area (TPSA) is 78.9 Å². The second kappa shape index (κ2) is 61.2. The predicted molar refractivity (Wildman–Crippen MR) is 312 cm³/mol. The molecule has 1 unspecified atom stereocenters. The summed E-state index contributed by atoms with van der Waals surface area (Å²) in [6.45, 7) is 6.67. The van der Waals surface area contributed by atoms with Gasteiger partial charge in [-0.2, -0.15) is 0 Å². The van der Waals surface area contributed by atoms with Gasteiger partial charge < -0.3 is 14.2 Å². The van der Waals surface area contributed by atoms with Gasteiger partial charge in [0.15, 0.2) is 6.10 Å². The summed E-state index contributed by atoms with van der Waals surface area (Å²) in [6.07, 6.45) is 74.3. The Morgan fingerprint density at radius 1 is 0.278 bits per heavy atom. The van der Waals surface area contributed by atoms with Gasteiger partial charge in [-0.15, -0.1) is 0 Å². The molecule has 0 bridgehead atoms. The van der Waals surface area contributed by atoms with E-state index in [1.807, 2.05) is 0 Å². The van der Waals surface area contributed by atoms with E-state index in [2.05, 4.69) is 57.2 Å². The second-order valence-corrected chi connectivity index (χ2v) is 21.7. The van der Waals surface area contributed by atoms with Gasteiger partial charge in [0.1, 0.15) is 13.2 Å². The number of rotatable bonds is 59. The van der Waals surface area contributed by atoms with Crippen LogP contribution in [0.25, 0.3) is 0 Å². The summed E-state index contributed by atoms with van der Waals surface area (Å²) in [7, 11) is 0. The fourth-order valence-electron chi connectivity index (χ4n) is 9.53. The second-order valence-electron chi connectivity index (χ2n) is 21.7. The standard InChI is InChI=1S/C66H122O6/c1-4-7-10-13-16-19-22-25-28-30-32-33-34-36-38-41-44-47-50-53-56-59-65(68)71-62-63(61-70-64(67)58-55-52-49-46-43-40-37-27-24-21-18-15-12-9-6-3)72-66(69)60-57-54-51-48-45-42-39-35-31-29-26-23-20-17-14-11-8-5-2/h20,23,29-32,63H,4-19,21-22,24-28,33-62H2,1-3H3/b23-20-,31-29-,32-30-. The predicted octanol–water partition coefficient (Wildman–Crippen LogP) is 21.6. The monoisotopic (exact) mass is 1010 g/mol. The number of unbranched alkanes of at least 4 members (excludes halogenated alkanes) is 42. The fourth-order valence-corrected chi connectivity index (χ4v) is 9.53. The van der Waals surface area contributed by atoms with E-state index < -0.39 is 6.10 Å². The SMILES string of the molecule is CCCCCC/C=C\C/C=C\CCCCCCCCCC(=O)OC(COC(=O)CCCCCCCCCCC/C=C\CCCCCCCCCC)COC(=O)CCCCCCCCCCCCCCCCC. The van der Waals surface area contributed by atoms with Crippen molar-refractivity contribution in [3.63, 3.8) is 0 Å². The van der Waals surface area contributed by atoms with Gasteiger partial charge in [-0.3, -0.25) is 14.4 Å². The molecule has 1 atom stereocenters. The number of allylic oxidation sites excluding steroid dienone is 6. The largest absolute Gasteiger partial charge is 0.462 e. The summed E-state index contributed by atoms with van der Waals surface area (Å²) in [6, 6.07) is 0. The van der Waals surface area contributed by atoms with E-state index in [1.54, 1.807) is 0 Å². The molecule has 0 fully saturated rings. The van der Waals surface area contributed by atoms with Gasteiger partial charge in [0.25, 0.3) is 0 Å². The van der Waals surface area contributed by atoms with Gasteiger partial charge in [-0.25, -0.2) is 0 Å². The quantitative estimate of drug-likeness (QED) is 0.0261. The van der Waals surface area contributed by atoms with E-state index in [9.17, 15) is 14.4 Å². The number of carbonyl (C=O) groups is 3. The average molecular weight is 1010 g/mol. The lowest BCUT2D eigenvalue weighted by Gasteiger charge is -2.18. The average Bonchev–Trinajstić information content (AvgIpc) is 3.38. The van der Waals surface area contributed by atoms with E-state index in [0.717, 1.165) is 70.6 Å². The highest BCUT2D eigenvalue weighted by molar-refractivity contribution is 5.71. The van der Waals surface area contributed by atoms with Crippen LogP contribution in [0.5, 0.6) is 0 Å². The van der Waals surface area contributed by atoms with Crippen molar-refractivity contribution in [2.45, 2.75) is 354 Å². The van der Waals surface area contributed by atoms with Crippen LogP contribution in [0.2, 0.25) is 0 Å². The molecule has 6 nitrogen and oxygen atoms in total. The number of hydrogen-bond acceptors (Lipinski definition) is 6. The van der Waals surface area contributed by atoms with Crippen LogP contribution >= 0.6 is 0 Å². The Morgan fingerprint density at radius 2 is 0.500 bits per heavy atom. The molecule has 0 aliphatic rings. The number of ether oxygens (including phenoxy) is 3. The molecule has 6 heteroatoms. The molecular weight excluding hydrogens is 889 g/mol. The van der Waals surface area contributed by atoms with E-state index in [1.165, 1.54) is 238 Å². The Hall–Kier alpha value is -2.37. The highest BCUT2D eigenvalue weighted by atomic mass is 16.6. The maximum atomic E-state index is 12.9. The van der Waals surface area contributed by atoms with E-state index in [4.69, 9.17) is 14.2 Å². The maximum Gasteiger partial charge on any atom is 0.306 e. The summed E-state index contributed by atoms with van der Waals surface area (Å²) in [5, 5.41) is 0. The van der Waals surface area contributed by atoms with E-state index in [0.29, 0.717) is 19.3 Å². The molecule has 0 rings (SSSR count). The minimum atomic E-state index is -0.775. The molecule has 0 radical (unpaired) electrons. The third-order valence-corrected chi connectivity index (χ3v) is 14.4. The van der Waals surface area contributed by atoms with Crippen molar-refractivity contribution in [3.8, 4) is 0 Å². The summed E-state index contributed by atoms with van der Waals surface area (Å²) >= 11 is 0. The van der Waals surface area contributed by atoms with Crippen LogP contribution in [0.3, 0.4) is 0 Å². The number of hydrogen-bond donors (Lipinski definition) is 0. The molecule has 72 heavy (non-hydrogen) atoms. The van der Waals surface area contributed by atoms with Crippen molar-refractivity contribution in [3.05, 3.63) is 36.5 Å². The minimum Gasteiger partial charge on any atom is -0.462 e. The fraction of sp³-hybridized carbons (Fsp3) is 0.864. The van der Waals surface area contributed by atoms with Gasteiger partial charge >= 0.3 is 17.9 Å². The molecule has 0 aromatic rings. The van der Waals surface area contributed by atoms with Gasteiger partial charge in [-0.05, 0) is 77.0 Å². The van der Waals surface area contributed by atoms with Crippen molar-refractivity contribution in [1.82, 2.24) is 0 Å². The van der Waals surface area contributed by atoms with E-state index in [-0.39, 0.29) is 31.1 Å². The van der Waals surface area contributed by atoms with Crippen molar-refractivity contribution in [1.29, 1.82) is 0 Å². The Kier molecular flexibility index (Phi) is 59.2. The molecule has 0 aromatic carbocycles. The Bertz CT molecular complexity index is 1210. The molecule has 0 N–H and O–H groups in total. The summed E-state index contributed by atoms with van der Waals surface area (Å²) < 4.78 is 16.9. The normalized spacial score (nSPS) is 12.2. The summed E-state index contributed by atoms with van der Waals surface area (Å²) in [5.41, 5.74) is 0. The zero-order chi connectivity index (χ0) is 52.2. The van der Waals surface area contributed by atoms with Crippen LogP contribution in [-0.2, 0) is 28.6 Å². The van der Waals surface area contributed by atoms with Crippen molar-refractivity contribution < 1.29 is 28.6 Å². The van der Waals surface area contributed by atoms with Crippen LogP contribution in [0.4, 0.5) is 0 Å². The zero-order valence-electron chi connectivity index (χ0n) is 48.5. The van der Waals surface area contributed by atoms with Crippen molar-refractivity contribution in [2.24, 2.45) is 0 Å². The lowest BCUT2D eigenvalue weighted by molar-refractivity contribution is -0.167. The Labute approximate surface area is 448 Å². The molecule has 0 heterocycles. The highest BCUT2D eigenvalue weighted by Gasteiger charge is 2.19. The number of esters is 3. The van der Waals surface area contributed by atoms with Gasteiger partial charge in [-0.1, -0.05) is 288 Å². The molecule has 0 aromatic heterocycles. The zero-order valence-corrected chi connectivity index (χ0v) is 48.5. The first-order valence-electron chi connectivity index (χ1n) is 32.0. The van der Waals surface area contributed by atoms with Gasteiger partial charge in [0, 0.05) is 19.3 Å². The first-order chi connectivity index (χ1) is 35.5. The van der Waals surface area contributed by atoms with Crippen LogP contribution < -0.4 is 0 Å². The third kappa shape index (κ3) is 58.5. The maximum absolute atomic E-state index is 12.9. The van der Waals surface area contributed by atoms with Crippen LogP contribution in [0.1, 0.15) is 348 Å². The lowest BCUT2D eigenvalue weighted by Crippen LogP contribution is -2.30. The Balaban J connectivity index is 4.33. The molecule has 0 spiro atoms.